The number of hydrogen-bond acceptors (Lipinski definition) is 6. The smallest absolute Gasteiger partial charge is 0.258 e. The van der Waals surface area contributed by atoms with E-state index in [2.05, 4.69) is 33.6 Å². The molecule has 6 rings (SSSR count). The third-order valence-electron chi connectivity index (χ3n) is 9.00. The number of unbranched alkanes of at least 4 members (excludes halogenated alkanes) is 2. The van der Waals surface area contributed by atoms with Crippen LogP contribution >= 0.6 is 11.3 Å². The number of amides is 2. The summed E-state index contributed by atoms with van der Waals surface area (Å²) in [6.45, 7) is 6.85. The average Bonchev–Trinajstić information content (AvgIpc) is 3.46. The lowest BCUT2D eigenvalue weighted by atomic mass is 9.99. The molecule has 1 N–H and O–H groups in total. The van der Waals surface area contributed by atoms with Gasteiger partial charge in [-0.1, -0.05) is 48.5 Å². The minimum Gasteiger partial charge on any atom is -0.491 e. The van der Waals surface area contributed by atoms with Crippen LogP contribution in [-0.2, 0) is 6.42 Å². The zero-order valence-electron chi connectivity index (χ0n) is 26.7. The van der Waals surface area contributed by atoms with Crippen LogP contribution in [0.1, 0.15) is 57.7 Å². The van der Waals surface area contributed by atoms with Crippen molar-refractivity contribution in [1.82, 2.24) is 9.80 Å². The topological polar surface area (TPSA) is 65.1 Å². The maximum Gasteiger partial charge on any atom is 0.258 e. The second-order valence-electron chi connectivity index (χ2n) is 12.3. The SMILES string of the molecule is CN1CCN(CCCCCOc2cc(C(=O)N3CCCCc4sccc43)ccc2NC(=O)c2ccccc2-c2ccccc2)CC1. The van der Waals surface area contributed by atoms with Gasteiger partial charge in [0.15, 0.2) is 0 Å². The Morgan fingerprint density at radius 3 is 2.50 bits per heavy atom. The van der Waals surface area contributed by atoms with Crippen LogP contribution in [0, 0.1) is 0 Å². The molecule has 0 unspecified atom stereocenters. The highest BCUT2D eigenvalue weighted by atomic mass is 32.1. The van der Waals surface area contributed by atoms with E-state index in [1.165, 1.54) is 4.88 Å². The van der Waals surface area contributed by atoms with Gasteiger partial charge >= 0.3 is 0 Å². The Kier molecular flexibility index (Phi) is 10.8. The van der Waals surface area contributed by atoms with Gasteiger partial charge in [0.1, 0.15) is 5.75 Å². The predicted octanol–water partition coefficient (Wildman–Crippen LogP) is 7.45. The summed E-state index contributed by atoms with van der Waals surface area (Å²) < 4.78 is 6.35. The second-order valence-corrected chi connectivity index (χ2v) is 13.3. The number of carbonyl (C=O) groups is 2. The molecule has 240 valence electrons. The van der Waals surface area contributed by atoms with Gasteiger partial charge in [0.2, 0.25) is 0 Å². The van der Waals surface area contributed by atoms with Crippen molar-refractivity contribution in [3.05, 3.63) is 100 Å². The van der Waals surface area contributed by atoms with Gasteiger partial charge in [-0.25, -0.2) is 0 Å². The molecule has 3 heterocycles. The van der Waals surface area contributed by atoms with Crippen LogP contribution in [0.5, 0.6) is 5.75 Å². The van der Waals surface area contributed by atoms with E-state index in [1.54, 1.807) is 17.4 Å². The van der Waals surface area contributed by atoms with Crippen LogP contribution < -0.4 is 15.0 Å². The van der Waals surface area contributed by atoms with E-state index >= 15 is 0 Å². The van der Waals surface area contributed by atoms with Gasteiger partial charge in [0.25, 0.3) is 11.8 Å². The molecule has 0 atom stereocenters. The normalized spacial score (nSPS) is 15.6. The number of ether oxygens (including phenoxy) is 1. The second kappa shape index (κ2) is 15.5. The lowest BCUT2D eigenvalue weighted by Gasteiger charge is -2.32. The van der Waals surface area contributed by atoms with Crippen LogP contribution in [0.3, 0.4) is 0 Å². The van der Waals surface area contributed by atoms with E-state index in [1.807, 2.05) is 71.6 Å². The molecular formula is C38H44N4O3S. The zero-order valence-corrected chi connectivity index (χ0v) is 27.6. The number of piperazine rings is 1. The number of nitrogens with zero attached hydrogens (tertiary/aromatic N) is 3. The largest absolute Gasteiger partial charge is 0.491 e. The van der Waals surface area contributed by atoms with E-state index in [0.717, 1.165) is 88.1 Å². The lowest BCUT2D eigenvalue weighted by Crippen LogP contribution is -2.44. The third kappa shape index (κ3) is 7.86. The molecular weight excluding hydrogens is 593 g/mol. The molecule has 46 heavy (non-hydrogen) atoms. The number of carbonyl (C=O) groups excluding carboxylic acids is 2. The van der Waals surface area contributed by atoms with E-state index < -0.39 is 0 Å². The van der Waals surface area contributed by atoms with Crippen molar-refractivity contribution in [3.63, 3.8) is 0 Å². The zero-order chi connectivity index (χ0) is 31.7. The summed E-state index contributed by atoms with van der Waals surface area (Å²) in [6.07, 6.45) is 6.15. The third-order valence-corrected chi connectivity index (χ3v) is 9.97. The first-order chi connectivity index (χ1) is 22.6. The van der Waals surface area contributed by atoms with Crippen LogP contribution in [0.4, 0.5) is 11.4 Å². The number of aryl methyl sites for hydroxylation is 1. The molecule has 0 spiro atoms. The van der Waals surface area contributed by atoms with Crippen LogP contribution in [0.25, 0.3) is 11.1 Å². The Bertz CT molecular complexity index is 1610. The number of nitrogens with one attached hydrogen (secondary N) is 1. The highest BCUT2D eigenvalue weighted by molar-refractivity contribution is 7.10. The average molecular weight is 637 g/mol. The summed E-state index contributed by atoms with van der Waals surface area (Å²) in [7, 11) is 2.18. The van der Waals surface area contributed by atoms with Gasteiger partial charge in [-0.2, -0.15) is 0 Å². The van der Waals surface area contributed by atoms with Crippen molar-refractivity contribution in [3.8, 4) is 16.9 Å². The van der Waals surface area contributed by atoms with Crippen molar-refractivity contribution in [2.24, 2.45) is 0 Å². The number of benzene rings is 3. The molecule has 0 bridgehead atoms. The van der Waals surface area contributed by atoms with Gasteiger partial charge in [0, 0.05) is 48.7 Å². The van der Waals surface area contributed by atoms with Crippen LogP contribution in [0.2, 0.25) is 0 Å². The van der Waals surface area contributed by atoms with Crippen molar-refractivity contribution >= 4 is 34.5 Å². The van der Waals surface area contributed by atoms with Crippen molar-refractivity contribution in [2.45, 2.75) is 38.5 Å². The summed E-state index contributed by atoms with van der Waals surface area (Å²) in [5, 5.41) is 5.17. The Morgan fingerprint density at radius 2 is 1.65 bits per heavy atom. The number of anilines is 2. The molecule has 1 fully saturated rings. The van der Waals surface area contributed by atoms with Crippen molar-refractivity contribution in [1.29, 1.82) is 0 Å². The molecule has 0 saturated carbocycles. The molecule has 2 aliphatic rings. The fourth-order valence-corrected chi connectivity index (χ4v) is 7.21. The highest BCUT2D eigenvalue weighted by Crippen LogP contribution is 2.34. The standard InChI is InChI=1S/C38H44N4O3S/c1-40-22-24-41(25-23-40)20-9-3-11-26-45-35-28-30(38(44)42-21-10-8-16-36-34(42)19-27-46-36)17-18-33(35)39-37(43)32-15-7-6-14-31(32)29-12-4-2-5-13-29/h2,4-7,12-15,17-19,27-28H,3,8-11,16,20-26H2,1H3,(H,39,43). The van der Waals surface area contributed by atoms with Crippen molar-refractivity contribution in [2.75, 3.05) is 63.1 Å². The van der Waals surface area contributed by atoms with E-state index in [-0.39, 0.29) is 11.8 Å². The highest BCUT2D eigenvalue weighted by Gasteiger charge is 2.25. The predicted molar refractivity (Wildman–Crippen MR) is 188 cm³/mol. The van der Waals surface area contributed by atoms with Crippen LogP contribution in [-0.4, -0.2) is 74.5 Å². The molecule has 1 aromatic heterocycles. The maximum atomic E-state index is 13.9. The Hall–Kier alpha value is -3.98. The monoisotopic (exact) mass is 636 g/mol. The number of fused-ring (bicyclic) bond motifs is 1. The van der Waals surface area contributed by atoms with E-state index in [0.29, 0.717) is 35.7 Å². The van der Waals surface area contributed by atoms with Gasteiger partial charge in [0.05, 0.1) is 18.0 Å². The molecule has 3 aromatic carbocycles. The molecule has 2 amide bonds. The molecule has 4 aromatic rings. The summed E-state index contributed by atoms with van der Waals surface area (Å²) >= 11 is 1.72. The summed E-state index contributed by atoms with van der Waals surface area (Å²) in [5.41, 5.74) is 4.57. The summed E-state index contributed by atoms with van der Waals surface area (Å²) in [6, 6.07) is 25.0. The van der Waals surface area contributed by atoms with Gasteiger partial charge in [-0.15, -0.1) is 11.3 Å². The quantitative estimate of drug-likeness (QED) is 0.173. The van der Waals surface area contributed by atoms with E-state index in [4.69, 9.17) is 4.74 Å². The van der Waals surface area contributed by atoms with Gasteiger partial charge in [-0.05, 0) is 99.0 Å². The van der Waals surface area contributed by atoms with E-state index in [9.17, 15) is 9.59 Å². The minimum absolute atomic E-state index is 0.0362. The first kappa shape index (κ1) is 32.0. The fourth-order valence-electron chi connectivity index (χ4n) is 6.29. The summed E-state index contributed by atoms with van der Waals surface area (Å²) in [4.78, 5) is 35.7. The number of thiophene rings is 1. The van der Waals surface area contributed by atoms with Crippen LogP contribution in [0.15, 0.2) is 84.2 Å². The Morgan fingerprint density at radius 1 is 0.848 bits per heavy atom. The molecule has 8 heteroatoms. The Labute approximate surface area is 276 Å². The Balaban J connectivity index is 1.18. The van der Waals surface area contributed by atoms with Crippen molar-refractivity contribution < 1.29 is 14.3 Å². The number of likely N-dealkylation sites (N-methyl/N-ethyl adjacent to an activating group) is 1. The number of hydrogen-bond donors (Lipinski definition) is 1. The molecule has 2 aliphatic heterocycles. The molecule has 7 nitrogen and oxygen atoms in total. The maximum absolute atomic E-state index is 13.9. The number of rotatable bonds is 11. The lowest BCUT2D eigenvalue weighted by molar-refractivity contribution is 0.0985. The molecule has 1 saturated heterocycles. The first-order valence-corrected chi connectivity index (χ1v) is 17.5. The van der Waals surface area contributed by atoms with Gasteiger partial charge in [-0.3, -0.25) is 9.59 Å². The van der Waals surface area contributed by atoms with Gasteiger partial charge < -0.3 is 24.8 Å². The molecule has 0 aliphatic carbocycles. The molecule has 0 radical (unpaired) electrons. The first-order valence-electron chi connectivity index (χ1n) is 16.6. The fraction of sp³-hybridized carbons (Fsp3) is 0.368. The summed E-state index contributed by atoms with van der Waals surface area (Å²) in [5.74, 6) is 0.271. The minimum atomic E-state index is -0.217.